The van der Waals surface area contributed by atoms with Crippen molar-refractivity contribution in [2.24, 2.45) is 0 Å². The number of pyridine rings is 3. The topological polar surface area (TPSA) is 50.7 Å². The van der Waals surface area contributed by atoms with Gasteiger partial charge in [-0.05, 0) is 42.0 Å². The van der Waals surface area contributed by atoms with Crippen molar-refractivity contribution in [3.63, 3.8) is 0 Å². The Labute approximate surface area is 159 Å². The van der Waals surface area contributed by atoms with E-state index in [1.807, 2.05) is 72.8 Å². The molecule has 0 spiro atoms. The maximum absolute atomic E-state index is 4.67. The fourth-order valence-electron chi connectivity index (χ4n) is 3.25. The molecular weight excluding hydrogens is 332 g/mol. The van der Waals surface area contributed by atoms with E-state index in [0.717, 1.165) is 17.1 Å². The molecule has 0 bridgehead atoms. The van der Waals surface area contributed by atoms with E-state index < -0.39 is 5.54 Å². The van der Waals surface area contributed by atoms with Crippen molar-refractivity contribution >= 4 is 0 Å². The molecule has 0 amide bonds. The Morgan fingerprint density at radius 2 is 1.00 bits per heavy atom. The SMILES string of the molecule is c1ccc(CNC(c2ccccn2)(c2ccccn2)c2ccccn2)cc1. The van der Waals surface area contributed by atoms with Crippen molar-refractivity contribution in [1.82, 2.24) is 20.3 Å². The zero-order valence-electron chi connectivity index (χ0n) is 14.9. The minimum atomic E-state index is -0.750. The lowest BCUT2D eigenvalue weighted by atomic mass is 9.85. The van der Waals surface area contributed by atoms with Crippen LogP contribution in [-0.4, -0.2) is 15.0 Å². The molecule has 3 aromatic heterocycles. The molecule has 0 aliphatic rings. The Hall–Kier alpha value is -3.37. The Bertz CT molecular complexity index is 861. The highest BCUT2D eigenvalue weighted by atomic mass is 15.1. The van der Waals surface area contributed by atoms with Gasteiger partial charge in [-0.1, -0.05) is 48.5 Å². The summed E-state index contributed by atoms with van der Waals surface area (Å²) < 4.78 is 0. The van der Waals surface area contributed by atoms with Crippen LogP contribution in [0.25, 0.3) is 0 Å². The third-order valence-electron chi connectivity index (χ3n) is 4.55. The highest BCUT2D eigenvalue weighted by Crippen LogP contribution is 2.33. The number of hydrogen-bond donors (Lipinski definition) is 1. The van der Waals surface area contributed by atoms with Crippen LogP contribution in [0.4, 0.5) is 0 Å². The first-order valence-corrected chi connectivity index (χ1v) is 8.93. The molecule has 4 nitrogen and oxygen atoms in total. The number of aromatic nitrogens is 3. The monoisotopic (exact) mass is 352 g/mol. The fourth-order valence-corrected chi connectivity index (χ4v) is 3.25. The van der Waals surface area contributed by atoms with Gasteiger partial charge in [0.05, 0.1) is 17.1 Å². The standard InChI is InChI=1S/C23H20N4/c1-2-10-19(11-3-1)18-27-23(20-12-4-7-15-24-20,21-13-5-8-16-25-21)22-14-6-9-17-26-22/h1-17,27H,18H2. The van der Waals surface area contributed by atoms with Crippen LogP contribution in [0.2, 0.25) is 0 Å². The number of nitrogens with one attached hydrogen (secondary N) is 1. The Kier molecular flexibility index (Phi) is 4.99. The van der Waals surface area contributed by atoms with Gasteiger partial charge in [0.25, 0.3) is 0 Å². The molecule has 0 aliphatic heterocycles. The van der Waals surface area contributed by atoms with Gasteiger partial charge in [-0.25, -0.2) is 0 Å². The van der Waals surface area contributed by atoms with E-state index in [1.54, 1.807) is 18.6 Å². The molecule has 4 heteroatoms. The van der Waals surface area contributed by atoms with Gasteiger partial charge in [0, 0.05) is 25.1 Å². The van der Waals surface area contributed by atoms with Crippen LogP contribution in [0.3, 0.4) is 0 Å². The van der Waals surface area contributed by atoms with Gasteiger partial charge in [0.15, 0.2) is 0 Å². The van der Waals surface area contributed by atoms with Gasteiger partial charge >= 0.3 is 0 Å². The minimum Gasteiger partial charge on any atom is -0.292 e. The molecule has 0 aliphatic carbocycles. The number of rotatable bonds is 6. The van der Waals surface area contributed by atoms with E-state index in [-0.39, 0.29) is 0 Å². The Balaban J connectivity index is 1.89. The second-order valence-electron chi connectivity index (χ2n) is 6.23. The summed E-state index contributed by atoms with van der Waals surface area (Å²) >= 11 is 0. The summed E-state index contributed by atoms with van der Waals surface area (Å²) in [5, 5.41) is 3.71. The van der Waals surface area contributed by atoms with Gasteiger partial charge in [0.1, 0.15) is 5.54 Å². The zero-order valence-corrected chi connectivity index (χ0v) is 14.9. The van der Waals surface area contributed by atoms with Gasteiger partial charge in [-0.3, -0.25) is 20.3 Å². The maximum atomic E-state index is 4.67. The molecule has 1 N–H and O–H groups in total. The molecule has 1 aromatic carbocycles. The predicted molar refractivity (Wildman–Crippen MR) is 106 cm³/mol. The zero-order chi connectivity index (χ0) is 18.4. The van der Waals surface area contributed by atoms with Crippen molar-refractivity contribution in [2.75, 3.05) is 0 Å². The predicted octanol–water partition coefficient (Wildman–Crippen LogP) is 3.95. The molecule has 0 saturated heterocycles. The second-order valence-corrected chi connectivity index (χ2v) is 6.23. The minimum absolute atomic E-state index is 0.657. The van der Waals surface area contributed by atoms with Crippen LogP contribution >= 0.6 is 0 Å². The largest absolute Gasteiger partial charge is 0.292 e. The Morgan fingerprint density at radius 3 is 1.41 bits per heavy atom. The normalized spacial score (nSPS) is 11.3. The molecule has 0 radical (unpaired) electrons. The van der Waals surface area contributed by atoms with Crippen molar-refractivity contribution in [3.05, 3.63) is 126 Å². The summed E-state index contributed by atoms with van der Waals surface area (Å²) in [6.07, 6.45) is 5.42. The molecule has 3 heterocycles. The summed E-state index contributed by atoms with van der Waals surface area (Å²) in [4.78, 5) is 14.0. The number of hydrogen-bond acceptors (Lipinski definition) is 4. The maximum Gasteiger partial charge on any atom is 0.146 e. The van der Waals surface area contributed by atoms with Crippen LogP contribution in [0.5, 0.6) is 0 Å². The van der Waals surface area contributed by atoms with Crippen molar-refractivity contribution in [3.8, 4) is 0 Å². The van der Waals surface area contributed by atoms with Crippen LogP contribution in [0, 0.1) is 0 Å². The third-order valence-corrected chi connectivity index (χ3v) is 4.55. The van der Waals surface area contributed by atoms with E-state index in [9.17, 15) is 0 Å². The number of benzene rings is 1. The van der Waals surface area contributed by atoms with Crippen molar-refractivity contribution < 1.29 is 0 Å². The highest BCUT2D eigenvalue weighted by Gasteiger charge is 2.39. The lowest BCUT2D eigenvalue weighted by molar-refractivity contribution is 0.436. The summed E-state index contributed by atoms with van der Waals surface area (Å²) in [5.74, 6) is 0. The average molecular weight is 352 g/mol. The summed E-state index contributed by atoms with van der Waals surface area (Å²) in [6.45, 7) is 0.657. The summed E-state index contributed by atoms with van der Waals surface area (Å²) in [6, 6.07) is 28.1. The van der Waals surface area contributed by atoms with Crippen LogP contribution in [-0.2, 0) is 12.1 Å². The van der Waals surface area contributed by atoms with E-state index in [1.165, 1.54) is 5.56 Å². The number of nitrogens with zero attached hydrogens (tertiary/aromatic N) is 3. The second kappa shape index (κ2) is 7.89. The lowest BCUT2D eigenvalue weighted by Crippen LogP contribution is -2.46. The molecule has 0 saturated carbocycles. The quantitative estimate of drug-likeness (QED) is 0.571. The van der Waals surface area contributed by atoms with E-state index >= 15 is 0 Å². The molecule has 0 atom stereocenters. The summed E-state index contributed by atoms with van der Waals surface area (Å²) in [5.41, 5.74) is 3.01. The first kappa shape index (κ1) is 17.1. The smallest absolute Gasteiger partial charge is 0.146 e. The lowest BCUT2D eigenvalue weighted by Gasteiger charge is -2.33. The van der Waals surface area contributed by atoms with Gasteiger partial charge in [-0.15, -0.1) is 0 Å². The molecule has 132 valence electrons. The van der Waals surface area contributed by atoms with E-state index in [2.05, 4.69) is 32.4 Å². The molecule has 27 heavy (non-hydrogen) atoms. The molecule has 0 unspecified atom stereocenters. The van der Waals surface area contributed by atoms with Gasteiger partial charge < -0.3 is 0 Å². The first-order valence-electron chi connectivity index (χ1n) is 8.93. The third kappa shape index (κ3) is 3.48. The molecule has 0 fully saturated rings. The first-order chi connectivity index (χ1) is 13.4. The van der Waals surface area contributed by atoms with E-state index in [0.29, 0.717) is 6.54 Å². The molecular formula is C23H20N4. The Morgan fingerprint density at radius 1 is 0.556 bits per heavy atom. The molecule has 4 rings (SSSR count). The highest BCUT2D eigenvalue weighted by molar-refractivity contribution is 5.41. The van der Waals surface area contributed by atoms with Gasteiger partial charge in [-0.2, -0.15) is 0 Å². The van der Waals surface area contributed by atoms with Crippen LogP contribution < -0.4 is 5.32 Å². The average Bonchev–Trinajstić information content (AvgIpc) is 2.77. The van der Waals surface area contributed by atoms with Gasteiger partial charge in [0.2, 0.25) is 0 Å². The molecule has 4 aromatic rings. The van der Waals surface area contributed by atoms with E-state index in [4.69, 9.17) is 0 Å². The van der Waals surface area contributed by atoms with Crippen LogP contribution in [0.15, 0.2) is 104 Å². The van der Waals surface area contributed by atoms with Crippen LogP contribution in [0.1, 0.15) is 22.6 Å². The van der Waals surface area contributed by atoms with Crippen molar-refractivity contribution in [1.29, 1.82) is 0 Å². The summed E-state index contributed by atoms with van der Waals surface area (Å²) in [7, 11) is 0. The van der Waals surface area contributed by atoms with Crippen molar-refractivity contribution in [2.45, 2.75) is 12.1 Å². The fraction of sp³-hybridized carbons (Fsp3) is 0.0870.